The zero-order chi connectivity index (χ0) is 11.8. The summed E-state index contributed by atoms with van der Waals surface area (Å²) in [7, 11) is 0. The first-order valence-corrected chi connectivity index (χ1v) is 5.65. The zero-order valence-electron chi connectivity index (χ0n) is 10.1. The number of rotatable bonds is 7. The van der Waals surface area contributed by atoms with Gasteiger partial charge in [-0.15, -0.1) is 6.58 Å². The molecule has 1 heterocycles. The summed E-state index contributed by atoms with van der Waals surface area (Å²) in [4.78, 5) is 4.24. The lowest BCUT2D eigenvalue weighted by atomic mass is 10.2. The molecule has 3 nitrogen and oxygen atoms in total. The molecule has 0 aliphatic heterocycles. The van der Waals surface area contributed by atoms with Gasteiger partial charge in [-0.1, -0.05) is 18.6 Å². The highest BCUT2D eigenvalue weighted by atomic mass is 16.5. The lowest BCUT2D eigenvalue weighted by Crippen LogP contribution is -2.11. The van der Waals surface area contributed by atoms with E-state index in [0.717, 1.165) is 25.1 Å². The SMILES string of the molecule is C=C(C)CCOc1ccc(CNCC)cn1. The van der Waals surface area contributed by atoms with Crippen LogP contribution in [0.3, 0.4) is 0 Å². The molecule has 1 N–H and O–H groups in total. The Morgan fingerprint density at radius 3 is 2.88 bits per heavy atom. The van der Waals surface area contributed by atoms with E-state index in [1.807, 2.05) is 25.3 Å². The molecule has 0 saturated heterocycles. The smallest absolute Gasteiger partial charge is 0.213 e. The minimum atomic E-state index is 0.648. The summed E-state index contributed by atoms with van der Waals surface area (Å²) in [6.07, 6.45) is 2.72. The Kier molecular flexibility index (Phi) is 5.57. The number of hydrogen-bond donors (Lipinski definition) is 1. The van der Waals surface area contributed by atoms with E-state index < -0.39 is 0 Å². The van der Waals surface area contributed by atoms with Crippen LogP contribution >= 0.6 is 0 Å². The molecule has 0 aliphatic carbocycles. The highest BCUT2D eigenvalue weighted by Gasteiger charge is 1.96. The van der Waals surface area contributed by atoms with Gasteiger partial charge in [0.15, 0.2) is 0 Å². The number of nitrogens with one attached hydrogen (secondary N) is 1. The van der Waals surface area contributed by atoms with E-state index in [4.69, 9.17) is 4.74 Å². The van der Waals surface area contributed by atoms with Crippen molar-refractivity contribution < 1.29 is 4.74 Å². The van der Waals surface area contributed by atoms with Crippen LogP contribution in [0.5, 0.6) is 5.88 Å². The number of ether oxygens (including phenoxy) is 1. The maximum absolute atomic E-state index is 5.48. The second-order valence-electron chi connectivity index (χ2n) is 3.84. The number of aromatic nitrogens is 1. The molecule has 1 rings (SSSR count). The topological polar surface area (TPSA) is 34.1 Å². The van der Waals surface area contributed by atoms with Crippen LogP contribution in [0.2, 0.25) is 0 Å². The van der Waals surface area contributed by atoms with Gasteiger partial charge < -0.3 is 10.1 Å². The summed E-state index contributed by atoms with van der Waals surface area (Å²) in [5.41, 5.74) is 2.30. The standard InChI is InChI=1S/C13H20N2O/c1-4-14-9-12-5-6-13(15-10-12)16-8-7-11(2)3/h5-6,10,14H,2,4,7-9H2,1,3H3. The average molecular weight is 220 g/mol. The molecule has 0 saturated carbocycles. The fraction of sp³-hybridized carbons (Fsp3) is 0.462. The molecule has 0 bridgehead atoms. The number of nitrogens with zero attached hydrogens (tertiary/aromatic N) is 1. The van der Waals surface area contributed by atoms with Crippen molar-refractivity contribution in [2.75, 3.05) is 13.2 Å². The third-order valence-electron chi connectivity index (χ3n) is 2.16. The summed E-state index contributed by atoms with van der Waals surface area (Å²) >= 11 is 0. The van der Waals surface area contributed by atoms with Crippen LogP contribution < -0.4 is 10.1 Å². The molecule has 0 unspecified atom stereocenters. The second kappa shape index (κ2) is 7.01. The molecule has 1 aromatic rings. The molecule has 1 aromatic heterocycles. The van der Waals surface area contributed by atoms with Gasteiger partial charge in [-0.2, -0.15) is 0 Å². The summed E-state index contributed by atoms with van der Waals surface area (Å²) in [6, 6.07) is 3.94. The highest BCUT2D eigenvalue weighted by Crippen LogP contribution is 2.08. The molecule has 16 heavy (non-hydrogen) atoms. The molecule has 0 spiro atoms. The van der Waals surface area contributed by atoms with Crippen LogP contribution in [0.1, 0.15) is 25.8 Å². The molecule has 0 radical (unpaired) electrons. The Morgan fingerprint density at radius 1 is 1.50 bits per heavy atom. The molecular weight excluding hydrogens is 200 g/mol. The van der Waals surface area contributed by atoms with Gasteiger partial charge in [0, 0.05) is 25.2 Å². The normalized spacial score (nSPS) is 10.1. The first kappa shape index (κ1) is 12.7. The van der Waals surface area contributed by atoms with Crippen molar-refractivity contribution in [1.29, 1.82) is 0 Å². The predicted octanol–water partition coefficient (Wildman–Crippen LogP) is 2.54. The van der Waals surface area contributed by atoms with Gasteiger partial charge in [-0.05, 0) is 19.0 Å². The van der Waals surface area contributed by atoms with Crippen LogP contribution in [0.15, 0.2) is 30.5 Å². The van der Waals surface area contributed by atoms with Crippen molar-refractivity contribution in [3.8, 4) is 5.88 Å². The van der Waals surface area contributed by atoms with Crippen LogP contribution in [0, 0.1) is 0 Å². The Hall–Kier alpha value is -1.35. The Balaban J connectivity index is 2.36. The molecule has 0 aromatic carbocycles. The highest BCUT2D eigenvalue weighted by molar-refractivity contribution is 5.17. The van der Waals surface area contributed by atoms with Gasteiger partial charge in [0.25, 0.3) is 0 Å². The Labute approximate surface area is 97.5 Å². The van der Waals surface area contributed by atoms with Gasteiger partial charge in [0.05, 0.1) is 6.61 Å². The van der Waals surface area contributed by atoms with E-state index in [1.54, 1.807) is 0 Å². The minimum Gasteiger partial charge on any atom is -0.477 e. The largest absolute Gasteiger partial charge is 0.477 e. The Bertz CT molecular complexity index is 319. The quantitative estimate of drug-likeness (QED) is 0.717. The predicted molar refractivity (Wildman–Crippen MR) is 66.5 cm³/mol. The number of pyridine rings is 1. The maximum Gasteiger partial charge on any atom is 0.213 e. The lowest BCUT2D eigenvalue weighted by molar-refractivity contribution is 0.309. The molecule has 0 amide bonds. The monoisotopic (exact) mass is 220 g/mol. The van der Waals surface area contributed by atoms with Gasteiger partial charge in [-0.3, -0.25) is 0 Å². The first-order chi connectivity index (χ1) is 7.72. The fourth-order valence-corrected chi connectivity index (χ4v) is 1.20. The fourth-order valence-electron chi connectivity index (χ4n) is 1.20. The average Bonchev–Trinajstić information content (AvgIpc) is 2.27. The molecule has 0 fully saturated rings. The third kappa shape index (κ3) is 4.94. The van der Waals surface area contributed by atoms with E-state index >= 15 is 0 Å². The van der Waals surface area contributed by atoms with Crippen molar-refractivity contribution in [3.05, 3.63) is 36.0 Å². The van der Waals surface area contributed by atoms with E-state index in [2.05, 4.69) is 23.8 Å². The molecule has 0 atom stereocenters. The van der Waals surface area contributed by atoms with Crippen molar-refractivity contribution in [2.24, 2.45) is 0 Å². The van der Waals surface area contributed by atoms with Crippen LogP contribution in [-0.4, -0.2) is 18.1 Å². The van der Waals surface area contributed by atoms with E-state index in [1.165, 1.54) is 5.56 Å². The van der Waals surface area contributed by atoms with Crippen molar-refractivity contribution in [2.45, 2.75) is 26.8 Å². The van der Waals surface area contributed by atoms with Crippen LogP contribution in [0.25, 0.3) is 0 Å². The summed E-state index contributed by atoms with van der Waals surface area (Å²) in [6.45, 7) is 10.4. The van der Waals surface area contributed by atoms with Crippen LogP contribution in [-0.2, 0) is 6.54 Å². The zero-order valence-corrected chi connectivity index (χ0v) is 10.1. The van der Waals surface area contributed by atoms with Gasteiger partial charge in [-0.25, -0.2) is 4.98 Å². The van der Waals surface area contributed by atoms with Crippen molar-refractivity contribution in [1.82, 2.24) is 10.3 Å². The molecule has 0 aliphatic rings. The van der Waals surface area contributed by atoms with E-state index in [-0.39, 0.29) is 0 Å². The summed E-state index contributed by atoms with van der Waals surface area (Å²) < 4.78 is 5.48. The van der Waals surface area contributed by atoms with Crippen LogP contribution in [0.4, 0.5) is 0 Å². The lowest BCUT2D eigenvalue weighted by Gasteiger charge is -2.06. The maximum atomic E-state index is 5.48. The van der Waals surface area contributed by atoms with E-state index in [0.29, 0.717) is 12.5 Å². The van der Waals surface area contributed by atoms with Gasteiger partial charge >= 0.3 is 0 Å². The van der Waals surface area contributed by atoms with Crippen molar-refractivity contribution >= 4 is 0 Å². The second-order valence-corrected chi connectivity index (χ2v) is 3.84. The first-order valence-electron chi connectivity index (χ1n) is 5.65. The van der Waals surface area contributed by atoms with Gasteiger partial charge in [0.1, 0.15) is 0 Å². The van der Waals surface area contributed by atoms with Crippen molar-refractivity contribution in [3.63, 3.8) is 0 Å². The summed E-state index contributed by atoms with van der Waals surface area (Å²) in [5.74, 6) is 0.682. The molecular formula is C13H20N2O. The minimum absolute atomic E-state index is 0.648. The number of hydrogen-bond acceptors (Lipinski definition) is 3. The molecule has 88 valence electrons. The third-order valence-corrected chi connectivity index (χ3v) is 2.16. The Morgan fingerprint density at radius 2 is 2.31 bits per heavy atom. The van der Waals surface area contributed by atoms with E-state index in [9.17, 15) is 0 Å². The summed E-state index contributed by atoms with van der Waals surface area (Å²) in [5, 5.41) is 3.25. The van der Waals surface area contributed by atoms with Gasteiger partial charge in [0.2, 0.25) is 5.88 Å². The molecule has 3 heteroatoms.